The Morgan fingerprint density at radius 1 is 1.09 bits per heavy atom. The van der Waals surface area contributed by atoms with Crippen LogP contribution in [0.2, 0.25) is 0 Å². The van der Waals surface area contributed by atoms with Crippen molar-refractivity contribution < 1.29 is 4.79 Å². The fourth-order valence-corrected chi connectivity index (χ4v) is 3.75. The summed E-state index contributed by atoms with van der Waals surface area (Å²) >= 11 is 0. The van der Waals surface area contributed by atoms with Gasteiger partial charge in [-0.3, -0.25) is 4.79 Å². The molecular weight excluding hydrogens is 272 g/mol. The number of carbonyl (C=O) groups is 1. The van der Waals surface area contributed by atoms with Gasteiger partial charge in [0, 0.05) is 19.0 Å². The van der Waals surface area contributed by atoms with E-state index < -0.39 is 0 Å². The van der Waals surface area contributed by atoms with Gasteiger partial charge in [0.05, 0.1) is 6.04 Å². The Hall–Kier alpha value is -1.35. The molecule has 2 heterocycles. The lowest BCUT2D eigenvalue weighted by Crippen LogP contribution is -2.46. The third-order valence-corrected chi connectivity index (χ3v) is 5.37. The molecule has 3 rings (SSSR count). The molecule has 0 spiro atoms. The van der Waals surface area contributed by atoms with Crippen LogP contribution >= 0.6 is 0 Å². The molecule has 120 valence electrons. The number of amides is 1. The summed E-state index contributed by atoms with van der Waals surface area (Å²) in [4.78, 5) is 17.2. The van der Waals surface area contributed by atoms with Crippen LogP contribution in [-0.2, 0) is 4.79 Å². The van der Waals surface area contributed by atoms with E-state index in [0.717, 1.165) is 32.5 Å². The van der Waals surface area contributed by atoms with Crippen LogP contribution < -0.4 is 0 Å². The molecule has 2 aliphatic rings. The van der Waals surface area contributed by atoms with Gasteiger partial charge in [-0.25, -0.2) is 0 Å². The van der Waals surface area contributed by atoms with Gasteiger partial charge < -0.3 is 9.80 Å². The fourth-order valence-electron chi connectivity index (χ4n) is 3.75. The highest BCUT2D eigenvalue weighted by Gasteiger charge is 2.34. The number of piperidine rings is 1. The first-order valence-electron chi connectivity index (χ1n) is 8.73. The van der Waals surface area contributed by atoms with Crippen LogP contribution in [0, 0.1) is 5.92 Å². The summed E-state index contributed by atoms with van der Waals surface area (Å²) in [5, 5.41) is 0. The summed E-state index contributed by atoms with van der Waals surface area (Å²) in [5.74, 6) is 0.947. The minimum absolute atomic E-state index is 0.324. The minimum Gasteiger partial charge on any atom is -0.335 e. The molecule has 0 aliphatic carbocycles. The van der Waals surface area contributed by atoms with Gasteiger partial charge in [0.15, 0.2) is 0 Å². The van der Waals surface area contributed by atoms with E-state index in [1.165, 1.54) is 18.4 Å². The first-order chi connectivity index (χ1) is 10.6. The van der Waals surface area contributed by atoms with Gasteiger partial charge in [-0.05, 0) is 57.7 Å². The molecule has 0 N–H and O–H groups in total. The SMILES string of the molecule is CC(C)N1CCC(CC(=O)N2CC[C@@H]2c2ccccc2)CC1. The van der Waals surface area contributed by atoms with E-state index in [2.05, 4.69) is 47.9 Å². The summed E-state index contributed by atoms with van der Waals surface area (Å²) in [6, 6.07) is 11.4. The summed E-state index contributed by atoms with van der Waals surface area (Å²) in [6.45, 7) is 7.75. The molecule has 2 fully saturated rings. The van der Waals surface area contributed by atoms with E-state index in [1.807, 2.05) is 6.07 Å². The number of likely N-dealkylation sites (tertiary alicyclic amines) is 2. The van der Waals surface area contributed by atoms with E-state index in [4.69, 9.17) is 0 Å². The highest BCUT2D eigenvalue weighted by molar-refractivity contribution is 5.77. The van der Waals surface area contributed by atoms with Crippen LogP contribution in [0.1, 0.15) is 51.1 Å². The van der Waals surface area contributed by atoms with E-state index in [1.54, 1.807) is 0 Å². The van der Waals surface area contributed by atoms with Crippen LogP contribution in [0.15, 0.2) is 30.3 Å². The molecule has 0 radical (unpaired) electrons. The maximum atomic E-state index is 12.6. The van der Waals surface area contributed by atoms with Gasteiger partial charge >= 0.3 is 0 Å². The van der Waals surface area contributed by atoms with E-state index in [9.17, 15) is 4.79 Å². The molecule has 1 amide bonds. The fraction of sp³-hybridized carbons (Fsp3) is 0.632. The summed E-state index contributed by atoms with van der Waals surface area (Å²) < 4.78 is 0. The lowest BCUT2D eigenvalue weighted by molar-refractivity contribution is -0.140. The molecule has 0 bridgehead atoms. The summed E-state index contributed by atoms with van der Waals surface area (Å²) in [7, 11) is 0. The molecule has 2 aliphatic heterocycles. The predicted octanol–water partition coefficient (Wildman–Crippen LogP) is 3.47. The van der Waals surface area contributed by atoms with E-state index in [-0.39, 0.29) is 0 Å². The van der Waals surface area contributed by atoms with Gasteiger partial charge in [0.1, 0.15) is 0 Å². The largest absolute Gasteiger partial charge is 0.335 e. The molecule has 1 atom stereocenters. The number of carbonyl (C=O) groups excluding carboxylic acids is 1. The van der Waals surface area contributed by atoms with E-state index >= 15 is 0 Å². The Morgan fingerprint density at radius 2 is 1.77 bits per heavy atom. The predicted molar refractivity (Wildman–Crippen MR) is 89.6 cm³/mol. The Labute approximate surface area is 134 Å². The topological polar surface area (TPSA) is 23.6 Å². The number of hydrogen-bond acceptors (Lipinski definition) is 2. The van der Waals surface area contributed by atoms with Gasteiger partial charge in [-0.2, -0.15) is 0 Å². The standard InChI is InChI=1S/C19H28N2O/c1-15(2)20-11-8-16(9-12-20)14-19(22)21-13-10-18(21)17-6-4-3-5-7-17/h3-7,15-16,18H,8-14H2,1-2H3/t18-/m1/s1. The first kappa shape index (κ1) is 15.5. The molecule has 1 aromatic carbocycles. The second-order valence-corrected chi connectivity index (χ2v) is 7.08. The number of hydrogen-bond donors (Lipinski definition) is 0. The lowest BCUT2D eigenvalue weighted by atomic mass is 9.89. The third kappa shape index (κ3) is 3.35. The van der Waals surface area contributed by atoms with Gasteiger partial charge in [0.2, 0.25) is 5.91 Å². The molecule has 0 unspecified atom stereocenters. The van der Waals surface area contributed by atoms with E-state index in [0.29, 0.717) is 23.9 Å². The smallest absolute Gasteiger partial charge is 0.223 e. The van der Waals surface area contributed by atoms with Crippen molar-refractivity contribution in [3.05, 3.63) is 35.9 Å². The number of nitrogens with zero attached hydrogens (tertiary/aromatic N) is 2. The average molecular weight is 300 g/mol. The van der Waals surface area contributed by atoms with Crippen molar-refractivity contribution in [2.45, 2.75) is 51.6 Å². The zero-order valence-electron chi connectivity index (χ0n) is 13.9. The highest BCUT2D eigenvalue weighted by Crippen LogP contribution is 2.34. The van der Waals surface area contributed by atoms with Crippen molar-refractivity contribution in [3.63, 3.8) is 0 Å². The third-order valence-electron chi connectivity index (χ3n) is 5.37. The molecule has 2 saturated heterocycles. The molecule has 0 aromatic heterocycles. The van der Waals surface area contributed by atoms with Crippen LogP contribution in [0.25, 0.3) is 0 Å². The molecular formula is C19H28N2O. The number of benzene rings is 1. The van der Waals surface area contributed by atoms with Crippen LogP contribution in [0.4, 0.5) is 0 Å². The second-order valence-electron chi connectivity index (χ2n) is 7.08. The molecule has 22 heavy (non-hydrogen) atoms. The molecule has 1 aromatic rings. The highest BCUT2D eigenvalue weighted by atomic mass is 16.2. The van der Waals surface area contributed by atoms with Crippen molar-refractivity contribution in [1.29, 1.82) is 0 Å². The monoisotopic (exact) mass is 300 g/mol. The Bertz CT molecular complexity index is 491. The Kier molecular flexibility index (Phi) is 4.82. The normalized spacial score (nSPS) is 23.6. The summed E-state index contributed by atoms with van der Waals surface area (Å²) in [5.41, 5.74) is 1.29. The quantitative estimate of drug-likeness (QED) is 0.850. The average Bonchev–Trinajstić information content (AvgIpc) is 2.47. The van der Waals surface area contributed by atoms with Crippen LogP contribution in [-0.4, -0.2) is 41.4 Å². The maximum Gasteiger partial charge on any atom is 0.223 e. The Morgan fingerprint density at radius 3 is 2.32 bits per heavy atom. The van der Waals surface area contributed by atoms with Crippen molar-refractivity contribution in [3.8, 4) is 0 Å². The molecule has 0 saturated carbocycles. The first-order valence-corrected chi connectivity index (χ1v) is 8.73. The van der Waals surface area contributed by atoms with Crippen molar-refractivity contribution >= 4 is 5.91 Å². The second kappa shape index (κ2) is 6.82. The van der Waals surface area contributed by atoms with Gasteiger partial charge in [-0.1, -0.05) is 30.3 Å². The zero-order chi connectivity index (χ0) is 15.5. The number of rotatable bonds is 4. The maximum absolute atomic E-state index is 12.6. The Balaban J connectivity index is 1.51. The summed E-state index contributed by atoms with van der Waals surface area (Å²) in [6.07, 6.45) is 4.21. The van der Waals surface area contributed by atoms with Crippen LogP contribution in [0.5, 0.6) is 0 Å². The van der Waals surface area contributed by atoms with Crippen molar-refractivity contribution in [1.82, 2.24) is 9.80 Å². The van der Waals surface area contributed by atoms with Gasteiger partial charge in [-0.15, -0.1) is 0 Å². The molecule has 3 nitrogen and oxygen atoms in total. The molecule has 3 heteroatoms. The minimum atomic E-state index is 0.324. The van der Waals surface area contributed by atoms with Gasteiger partial charge in [0.25, 0.3) is 0 Å². The zero-order valence-corrected chi connectivity index (χ0v) is 13.9. The lowest BCUT2D eigenvalue weighted by Gasteiger charge is -2.42. The van der Waals surface area contributed by atoms with Crippen molar-refractivity contribution in [2.75, 3.05) is 19.6 Å². The van der Waals surface area contributed by atoms with Crippen molar-refractivity contribution in [2.24, 2.45) is 5.92 Å². The van der Waals surface area contributed by atoms with Crippen LogP contribution in [0.3, 0.4) is 0 Å².